The van der Waals surface area contributed by atoms with Gasteiger partial charge in [0.2, 0.25) is 0 Å². The van der Waals surface area contributed by atoms with Crippen LogP contribution in [0.25, 0.3) is 22.0 Å². The van der Waals surface area contributed by atoms with Crippen LogP contribution in [0.1, 0.15) is 21.6 Å². The first kappa shape index (κ1) is 22.7. The molecule has 0 aliphatic carbocycles. The number of rotatable bonds is 4. The number of imide groups is 1. The van der Waals surface area contributed by atoms with Gasteiger partial charge in [0, 0.05) is 41.1 Å². The minimum atomic E-state index is -0.686. The minimum absolute atomic E-state index is 0.156. The molecule has 8 heteroatoms. The third-order valence-electron chi connectivity index (χ3n) is 5.59. The number of nitrogens with zero attached hydrogens (tertiary/aromatic N) is 2. The highest BCUT2D eigenvalue weighted by atomic mass is 16.5. The zero-order valence-electron chi connectivity index (χ0n) is 19.3. The summed E-state index contributed by atoms with van der Waals surface area (Å²) >= 11 is 0. The van der Waals surface area contributed by atoms with E-state index < -0.39 is 11.9 Å². The van der Waals surface area contributed by atoms with Crippen LogP contribution in [-0.2, 0) is 7.05 Å². The quantitative estimate of drug-likeness (QED) is 0.479. The smallest absolute Gasteiger partial charge is 0.326 e. The van der Waals surface area contributed by atoms with Crippen LogP contribution < -0.4 is 20.9 Å². The molecule has 0 aliphatic rings. The SMILES string of the molecule is COc1cccc(C(=O)NC(=O)Nc2ccc(C)c(-c3cc4cnc(C)cc4n(C)c3=O)c2)c1. The van der Waals surface area contributed by atoms with Crippen molar-refractivity contribution in [1.29, 1.82) is 0 Å². The number of hydrogen-bond donors (Lipinski definition) is 2. The number of pyridine rings is 2. The number of fused-ring (bicyclic) bond motifs is 1. The van der Waals surface area contributed by atoms with Crippen molar-refractivity contribution < 1.29 is 14.3 Å². The fourth-order valence-corrected chi connectivity index (χ4v) is 3.75. The van der Waals surface area contributed by atoms with E-state index in [1.54, 1.807) is 54.2 Å². The number of carbonyl (C=O) groups is 2. The van der Waals surface area contributed by atoms with Crippen molar-refractivity contribution in [3.63, 3.8) is 0 Å². The van der Waals surface area contributed by atoms with Gasteiger partial charge in [-0.1, -0.05) is 12.1 Å². The zero-order valence-corrected chi connectivity index (χ0v) is 19.3. The number of amides is 3. The molecule has 2 N–H and O–H groups in total. The van der Waals surface area contributed by atoms with Crippen LogP contribution >= 0.6 is 0 Å². The molecule has 8 nitrogen and oxygen atoms in total. The van der Waals surface area contributed by atoms with Crippen molar-refractivity contribution in [1.82, 2.24) is 14.9 Å². The topological polar surface area (TPSA) is 102 Å². The Labute approximate surface area is 196 Å². The van der Waals surface area contributed by atoms with Gasteiger partial charge in [-0.15, -0.1) is 0 Å². The Morgan fingerprint density at radius 1 is 1.00 bits per heavy atom. The Balaban J connectivity index is 1.61. The van der Waals surface area contributed by atoms with E-state index in [0.29, 0.717) is 28.1 Å². The van der Waals surface area contributed by atoms with E-state index in [-0.39, 0.29) is 5.56 Å². The molecule has 0 saturated carbocycles. The Morgan fingerprint density at radius 2 is 1.79 bits per heavy atom. The van der Waals surface area contributed by atoms with Gasteiger partial charge in [-0.2, -0.15) is 0 Å². The van der Waals surface area contributed by atoms with Crippen molar-refractivity contribution in [2.75, 3.05) is 12.4 Å². The third kappa shape index (κ3) is 4.52. The average molecular weight is 457 g/mol. The van der Waals surface area contributed by atoms with Gasteiger partial charge in [0.05, 0.1) is 12.6 Å². The standard InChI is InChI=1S/C26H24N4O4/c1-15-8-9-19(28-26(33)29-24(31)17-6-5-7-20(11-17)34-4)13-21(15)22-12-18-14-27-16(2)10-23(18)30(3)25(22)32/h5-14H,1-4H3,(H2,28,29,31,33). The fourth-order valence-electron chi connectivity index (χ4n) is 3.75. The van der Waals surface area contributed by atoms with E-state index >= 15 is 0 Å². The predicted octanol–water partition coefficient (Wildman–Crippen LogP) is 4.19. The number of ether oxygens (including phenoxy) is 1. The highest BCUT2D eigenvalue weighted by molar-refractivity contribution is 6.08. The van der Waals surface area contributed by atoms with Crippen LogP contribution in [0.15, 0.2) is 65.6 Å². The van der Waals surface area contributed by atoms with Crippen molar-refractivity contribution in [2.24, 2.45) is 7.05 Å². The maximum absolute atomic E-state index is 13.1. The van der Waals surface area contributed by atoms with E-state index in [1.165, 1.54) is 7.11 Å². The molecule has 34 heavy (non-hydrogen) atoms. The number of carbonyl (C=O) groups excluding carboxylic acids is 2. The summed E-state index contributed by atoms with van der Waals surface area (Å²) in [5.74, 6) is -0.0477. The molecule has 0 bridgehead atoms. The molecule has 0 fully saturated rings. The highest BCUT2D eigenvalue weighted by Gasteiger charge is 2.15. The lowest BCUT2D eigenvalue weighted by molar-refractivity contribution is 0.0966. The molecular weight excluding hydrogens is 432 g/mol. The average Bonchev–Trinajstić information content (AvgIpc) is 2.83. The number of benzene rings is 2. The molecule has 2 aromatic heterocycles. The lowest BCUT2D eigenvalue weighted by Crippen LogP contribution is -2.34. The minimum Gasteiger partial charge on any atom is -0.497 e. The summed E-state index contributed by atoms with van der Waals surface area (Å²) in [5, 5.41) is 5.80. The molecule has 0 atom stereocenters. The first-order valence-electron chi connectivity index (χ1n) is 10.6. The number of urea groups is 1. The van der Waals surface area contributed by atoms with Crippen molar-refractivity contribution >= 4 is 28.5 Å². The molecule has 0 saturated heterocycles. The summed E-state index contributed by atoms with van der Waals surface area (Å²) in [4.78, 5) is 42.3. The lowest BCUT2D eigenvalue weighted by atomic mass is 9.99. The van der Waals surface area contributed by atoms with Gasteiger partial charge in [-0.25, -0.2) is 4.79 Å². The molecule has 0 unspecified atom stereocenters. The second kappa shape index (κ2) is 9.19. The van der Waals surface area contributed by atoms with Gasteiger partial charge >= 0.3 is 6.03 Å². The summed E-state index contributed by atoms with van der Waals surface area (Å²) in [6.07, 6.45) is 1.74. The monoisotopic (exact) mass is 456 g/mol. The predicted molar refractivity (Wildman–Crippen MR) is 131 cm³/mol. The zero-order chi connectivity index (χ0) is 24.4. The third-order valence-corrected chi connectivity index (χ3v) is 5.59. The summed E-state index contributed by atoms with van der Waals surface area (Å²) in [7, 11) is 3.22. The largest absolute Gasteiger partial charge is 0.497 e. The van der Waals surface area contributed by atoms with Crippen molar-refractivity contribution in [3.05, 3.63) is 88.0 Å². The van der Waals surface area contributed by atoms with Gasteiger partial charge in [0.15, 0.2) is 0 Å². The van der Waals surface area contributed by atoms with Gasteiger partial charge in [0.25, 0.3) is 11.5 Å². The molecule has 3 amide bonds. The van der Waals surface area contributed by atoms with Gasteiger partial charge in [-0.05, 0) is 67.4 Å². The summed E-state index contributed by atoms with van der Waals surface area (Å²) < 4.78 is 6.71. The van der Waals surface area contributed by atoms with Crippen molar-refractivity contribution in [3.8, 4) is 16.9 Å². The molecule has 2 heterocycles. The van der Waals surface area contributed by atoms with Gasteiger partial charge in [0.1, 0.15) is 5.75 Å². The number of aryl methyl sites for hydroxylation is 3. The number of hydrogen-bond acceptors (Lipinski definition) is 5. The second-order valence-electron chi connectivity index (χ2n) is 7.98. The maximum Gasteiger partial charge on any atom is 0.326 e. The van der Waals surface area contributed by atoms with Gasteiger partial charge < -0.3 is 14.6 Å². The van der Waals surface area contributed by atoms with Crippen LogP contribution in [0.4, 0.5) is 10.5 Å². The normalized spacial score (nSPS) is 10.7. The number of nitrogens with one attached hydrogen (secondary N) is 2. The maximum atomic E-state index is 13.1. The molecule has 2 aromatic carbocycles. The van der Waals surface area contributed by atoms with Crippen LogP contribution in [-0.4, -0.2) is 28.6 Å². The van der Waals surface area contributed by atoms with Gasteiger partial charge in [-0.3, -0.25) is 19.9 Å². The molecule has 4 rings (SSSR count). The summed E-state index contributed by atoms with van der Waals surface area (Å²) in [5.41, 5.74) is 4.25. The Hall–Kier alpha value is -4.46. The Kier molecular flexibility index (Phi) is 6.14. The van der Waals surface area contributed by atoms with Crippen LogP contribution in [0.5, 0.6) is 5.75 Å². The van der Waals surface area contributed by atoms with Crippen LogP contribution in [0.2, 0.25) is 0 Å². The number of aromatic nitrogens is 2. The van der Waals surface area contributed by atoms with E-state index in [2.05, 4.69) is 15.6 Å². The van der Waals surface area contributed by atoms with Crippen molar-refractivity contribution in [2.45, 2.75) is 13.8 Å². The lowest BCUT2D eigenvalue weighted by Gasteiger charge is -2.13. The first-order valence-corrected chi connectivity index (χ1v) is 10.6. The summed E-state index contributed by atoms with van der Waals surface area (Å²) in [6, 6.07) is 14.7. The molecule has 4 aromatic rings. The first-order chi connectivity index (χ1) is 16.3. The molecule has 0 aliphatic heterocycles. The molecule has 0 radical (unpaired) electrons. The van der Waals surface area contributed by atoms with E-state index in [4.69, 9.17) is 4.74 Å². The van der Waals surface area contributed by atoms with Crippen LogP contribution in [0.3, 0.4) is 0 Å². The number of methoxy groups -OCH3 is 1. The molecule has 172 valence electrons. The summed E-state index contributed by atoms with van der Waals surface area (Å²) in [6.45, 7) is 3.77. The Morgan fingerprint density at radius 3 is 2.56 bits per heavy atom. The number of anilines is 1. The molecule has 0 spiro atoms. The Bertz CT molecular complexity index is 1490. The molecular formula is C26H24N4O4. The van der Waals surface area contributed by atoms with E-state index in [1.807, 2.05) is 32.0 Å². The second-order valence-corrected chi connectivity index (χ2v) is 7.98. The highest BCUT2D eigenvalue weighted by Crippen LogP contribution is 2.27. The fraction of sp³-hybridized carbons (Fsp3) is 0.154. The van der Waals surface area contributed by atoms with E-state index in [9.17, 15) is 14.4 Å². The van der Waals surface area contributed by atoms with Crippen LogP contribution in [0, 0.1) is 13.8 Å². The van der Waals surface area contributed by atoms with E-state index in [0.717, 1.165) is 22.2 Å².